The molecule has 0 spiro atoms. The first-order chi connectivity index (χ1) is 8.23. The second-order valence-corrected chi connectivity index (χ2v) is 6.33. The van der Waals surface area contributed by atoms with Gasteiger partial charge in [-0.15, -0.1) is 0 Å². The first-order valence-corrected chi connectivity index (χ1v) is 7.68. The van der Waals surface area contributed by atoms with E-state index in [2.05, 4.69) is 18.7 Å². The second-order valence-electron chi connectivity index (χ2n) is 6.33. The predicted molar refractivity (Wildman–Crippen MR) is 74.0 cm³/mol. The molecule has 0 aromatic heterocycles. The lowest BCUT2D eigenvalue weighted by atomic mass is 9.83. The first-order valence-electron chi connectivity index (χ1n) is 7.68. The summed E-state index contributed by atoms with van der Waals surface area (Å²) < 4.78 is 0. The van der Waals surface area contributed by atoms with Crippen LogP contribution < -0.4 is 5.73 Å². The van der Waals surface area contributed by atoms with Gasteiger partial charge in [-0.2, -0.15) is 0 Å². The minimum atomic E-state index is 0.360. The summed E-state index contributed by atoms with van der Waals surface area (Å²) in [6, 6.07) is 0. The highest BCUT2D eigenvalue weighted by atomic mass is 15.2. The maximum atomic E-state index is 6.21. The third-order valence-corrected chi connectivity index (χ3v) is 5.42. The van der Waals surface area contributed by atoms with Crippen molar-refractivity contribution in [2.24, 2.45) is 17.6 Å². The summed E-state index contributed by atoms with van der Waals surface area (Å²) in [6.07, 6.45) is 9.60. The van der Waals surface area contributed by atoms with Crippen molar-refractivity contribution in [3.05, 3.63) is 0 Å². The van der Waals surface area contributed by atoms with Crippen LogP contribution in [0, 0.1) is 11.8 Å². The van der Waals surface area contributed by atoms with Crippen LogP contribution in [-0.2, 0) is 0 Å². The van der Waals surface area contributed by atoms with Crippen LogP contribution in [0.2, 0.25) is 0 Å². The molecular weight excluding hydrogens is 208 g/mol. The summed E-state index contributed by atoms with van der Waals surface area (Å²) in [5.74, 6) is 1.76. The monoisotopic (exact) mass is 238 g/mol. The van der Waals surface area contributed by atoms with E-state index in [1.54, 1.807) is 0 Å². The Balaban J connectivity index is 2.10. The van der Waals surface area contributed by atoms with E-state index in [4.69, 9.17) is 5.73 Å². The van der Waals surface area contributed by atoms with Gasteiger partial charge in [0.2, 0.25) is 0 Å². The molecule has 0 aromatic carbocycles. The van der Waals surface area contributed by atoms with Gasteiger partial charge in [-0.1, -0.05) is 26.7 Å². The van der Waals surface area contributed by atoms with Gasteiger partial charge in [0.05, 0.1) is 0 Å². The Kier molecular flexibility index (Phi) is 4.48. The molecule has 17 heavy (non-hydrogen) atoms. The fourth-order valence-corrected chi connectivity index (χ4v) is 4.23. The van der Waals surface area contributed by atoms with E-state index in [0.717, 1.165) is 18.4 Å². The summed E-state index contributed by atoms with van der Waals surface area (Å²) in [6.45, 7) is 8.21. The van der Waals surface area contributed by atoms with Gasteiger partial charge < -0.3 is 5.73 Å². The van der Waals surface area contributed by atoms with Crippen LogP contribution in [0.1, 0.15) is 58.8 Å². The van der Waals surface area contributed by atoms with Crippen molar-refractivity contribution in [3.63, 3.8) is 0 Å². The highest BCUT2D eigenvalue weighted by Gasteiger charge is 2.45. The van der Waals surface area contributed by atoms with Gasteiger partial charge >= 0.3 is 0 Å². The largest absolute Gasteiger partial charge is 0.329 e. The fraction of sp³-hybridized carbons (Fsp3) is 1.00. The number of likely N-dealkylation sites (tertiary alicyclic amines) is 1. The Bertz CT molecular complexity index is 241. The number of nitrogens with zero attached hydrogens (tertiary/aromatic N) is 1. The average Bonchev–Trinajstić information content (AvgIpc) is 2.65. The topological polar surface area (TPSA) is 29.3 Å². The lowest BCUT2D eigenvalue weighted by Crippen LogP contribution is -2.56. The maximum Gasteiger partial charge on any atom is 0.0359 e. The average molecular weight is 238 g/mol. The van der Waals surface area contributed by atoms with E-state index in [0.29, 0.717) is 5.54 Å². The van der Waals surface area contributed by atoms with E-state index >= 15 is 0 Å². The molecule has 0 bridgehead atoms. The van der Waals surface area contributed by atoms with E-state index < -0.39 is 0 Å². The molecule has 3 unspecified atom stereocenters. The normalized spacial score (nSPS) is 40.4. The molecule has 2 aliphatic rings. The van der Waals surface area contributed by atoms with Crippen LogP contribution in [-0.4, -0.2) is 30.1 Å². The molecule has 100 valence electrons. The predicted octanol–water partition coefficient (Wildman–Crippen LogP) is 3.02. The molecule has 1 heterocycles. The zero-order valence-corrected chi connectivity index (χ0v) is 11.8. The standard InChI is InChI=1S/C15H30N2/c1-3-14-7-4-9-15(14,12-16)17-10-5-6-13(2)8-11-17/h13-14H,3-12,16H2,1-2H3. The lowest BCUT2D eigenvalue weighted by Gasteiger charge is -2.44. The molecule has 1 aliphatic carbocycles. The Morgan fingerprint density at radius 2 is 2.00 bits per heavy atom. The molecule has 0 aromatic rings. The van der Waals surface area contributed by atoms with Crippen LogP contribution in [0.3, 0.4) is 0 Å². The van der Waals surface area contributed by atoms with Crippen molar-refractivity contribution < 1.29 is 0 Å². The van der Waals surface area contributed by atoms with Crippen molar-refractivity contribution >= 4 is 0 Å². The number of rotatable bonds is 3. The van der Waals surface area contributed by atoms with Gasteiger partial charge in [0.1, 0.15) is 0 Å². The molecule has 3 atom stereocenters. The van der Waals surface area contributed by atoms with Crippen LogP contribution in [0.5, 0.6) is 0 Å². The summed E-state index contributed by atoms with van der Waals surface area (Å²) in [5.41, 5.74) is 6.57. The van der Waals surface area contributed by atoms with Gasteiger partial charge in [-0.05, 0) is 57.0 Å². The molecule has 1 saturated carbocycles. The Morgan fingerprint density at radius 3 is 2.71 bits per heavy atom. The van der Waals surface area contributed by atoms with E-state index in [1.165, 1.54) is 58.0 Å². The van der Waals surface area contributed by atoms with E-state index in [1.807, 2.05) is 0 Å². The minimum absolute atomic E-state index is 0.360. The third kappa shape index (κ3) is 2.53. The zero-order chi connectivity index (χ0) is 12.3. The molecule has 2 N–H and O–H groups in total. The van der Waals surface area contributed by atoms with Crippen LogP contribution >= 0.6 is 0 Å². The molecule has 0 radical (unpaired) electrons. The number of hydrogen-bond donors (Lipinski definition) is 1. The fourth-order valence-electron chi connectivity index (χ4n) is 4.23. The minimum Gasteiger partial charge on any atom is -0.329 e. The van der Waals surface area contributed by atoms with Gasteiger partial charge in [-0.25, -0.2) is 0 Å². The Hall–Kier alpha value is -0.0800. The smallest absolute Gasteiger partial charge is 0.0359 e. The van der Waals surface area contributed by atoms with E-state index in [-0.39, 0.29) is 0 Å². The molecule has 2 heteroatoms. The van der Waals surface area contributed by atoms with Crippen LogP contribution in [0.25, 0.3) is 0 Å². The van der Waals surface area contributed by atoms with Crippen LogP contribution in [0.4, 0.5) is 0 Å². The van der Waals surface area contributed by atoms with Gasteiger partial charge in [0.15, 0.2) is 0 Å². The van der Waals surface area contributed by atoms with Crippen molar-refractivity contribution in [1.82, 2.24) is 4.90 Å². The number of hydrogen-bond acceptors (Lipinski definition) is 2. The van der Waals surface area contributed by atoms with Crippen molar-refractivity contribution in [3.8, 4) is 0 Å². The first kappa shape index (κ1) is 13.4. The maximum absolute atomic E-state index is 6.21. The van der Waals surface area contributed by atoms with Crippen molar-refractivity contribution in [2.75, 3.05) is 19.6 Å². The molecular formula is C15H30N2. The highest BCUT2D eigenvalue weighted by molar-refractivity contribution is 5.01. The van der Waals surface area contributed by atoms with Gasteiger partial charge in [-0.3, -0.25) is 4.90 Å². The summed E-state index contributed by atoms with van der Waals surface area (Å²) in [4.78, 5) is 2.78. The van der Waals surface area contributed by atoms with Gasteiger partial charge in [0, 0.05) is 12.1 Å². The lowest BCUT2D eigenvalue weighted by molar-refractivity contribution is 0.0579. The van der Waals surface area contributed by atoms with E-state index in [9.17, 15) is 0 Å². The molecule has 2 fully saturated rings. The number of nitrogens with two attached hydrogens (primary N) is 1. The quantitative estimate of drug-likeness (QED) is 0.819. The Labute approximate surface area is 107 Å². The molecule has 2 rings (SSSR count). The van der Waals surface area contributed by atoms with Crippen molar-refractivity contribution in [2.45, 2.75) is 64.3 Å². The Morgan fingerprint density at radius 1 is 1.18 bits per heavy atom. The second kappa shape index (κ2) is 5.71. The van der Waals surface area contributed by atoms with Crippen LogP contribution in [0.15, 0.2) is 0 Å². The summed E-state index contributed by atoms with van der Waals surface area (Å²) >= 11 is 0. The van der Waals surface area contributed by atoms with Crippen molar-refractivity contribution in [1.29, 1.82) is 0 Å². The summed E-state index contributed by atoms with van der Waals surface area (Å²) in [7, 11) is 0. The molecule has 2 nitrogen and oxygen atoms in total. The molecule has 1 saturated heterocycles. The third-order valence-electron chi connectivity index (χ3n) is 5.42. The summed E-state index contributed by atoms with van der Waals surface area (Å²) in [5, 5.41) is 0. The molecule has 0 amide bonds. The highest BCUT2D eigenvalue weighted by Crippen LogP contribution is 2.42. The van der Waals surface area contributed by atoms with Gasteiger partial charge in [0.25, 0.3) is 0 Å². The molecule has 1 aliphatic heterocycles. The zero-order valence-electron chi connectivity index (χ0n) is 11.8. The SMILES string of the molecule is CCC1CCCC1(CN)N1CCCC(C)CC1.